The third-order valence-corrected chi connectivity index (χ3v) is 6.68. The van der Waals surface area contributed by atoms with Crippen molar-refractivity contribution in [2.24, 2.45) is 0 Å². The summed E-state index contributed by atoms with van der Waals surface area (Å²) in [5.41, 5.74) is 0.750. The van der Waals surface area contributed by atoms with E-state index in [-0.39, 0.29) is 11.4 Å². The van der Waals surface area contributed by atoms with E-state index in [1.54, 1.807) is 6.20 Å². The number of carbonyl (C=O) groups is 1. The summed E-state index contributed by atoms with van der Waals surface area (Å²) in [5, 5.41) is 2.03. The SMILES string of the molecule is O=C(c1nccc2ccccc12)N1CCC[C@]2(CCN2C[C@H]2CCCO2)C1. The van der Waals surface area contributed by atoms with Crippen LogP contribution in [-0.4, -0.2) is 65.1 Å². The second-order valence-corrected chi connectivity index (χ2v) is 8.27. The molecule has 4 heterocycles. The van der Waals surface area contributed by atoms with Crippen LogP contribution < -0.4 is 0 Å². The summed E-state index contributed by atoms with van der Waals surface area (Å²) >= 11 is 0. The Labute approximate surface area is 160 Å². The van der Waals surface area contributed by atoms with Crippen LogP contribution in [0.1, 0.15) is 42.6 Å². The van der Waals surface area contributed by atoms with Gasteiger partial charge in [-0.15, -0.1) is 0 Å². The van der Waals surface area contributed by atoms with E-state index in [2.05, 4.69) is 9.88 Å². The highest BCUT2D eigenvalue weighted by atomic mass is 16.5. The van der Waals surface area contributed by atoms with Crippen LogP contribution in [0.3, 0.4) is 0 Å². The highest BCUT2D eigenvalue weighted by molar-refractivity contribution is 6.05. The summed E-state index contributed by atoms with van der Waals surface area (Å²) < 4.78 is 5.85. The predicted octanol–water partition coefficient (Wildman–Crippen LogP) is 3.09. The zero-order valence-electron chi connectivity index (χ0n) is 15.8. The van der Waals surface area contributed by atoms with Crippen LogP contribution in [-0.2, 0) is 4.74 Å². The Bertz CT molecular complexity index is 843. The maximum absolute atomic E-state index is 13.3. The summed E-state index contributed by atoms with van der Waals surface area (Å²) in [7, 11) is 0. The van der Waals surface area contributed by atoms with Gasteiger partial charge in [0, 0.05) is 49.9 Å². The van der Waals surface area contributed by atoms with Gasteiger partial charge in [-0.2, -0.15) is 0 Å². The number of nitrogens with zero attached hydrogens (tertiary/aromatic N) is 3. The molecule has 0 unspecified atom stereocenters. The van der Waals surface area contributed by atoms with Gasteiger partial charge in [-0.3, -0.25) is 14.7 Å². The first-order valence-electron chi connectivity index (χ1n) is 10.2. The normalized spacial score (nSPS) is 28.6. The van der Waals surface area contributed by atoms with Gasteiger partial charge >= 0.3 is 0 Å². The number of pyridine rings is 1. The second-order valence-electron chi connectivity index (χ2n) is 8.27. The Morgan fingerprint density at radius 2 is 2.11 bits per heavy atom. The molecule has 1 aromatic heterocycles. The van der Waals surface area contributed by atoms with Crippen molar-refractivity contribution in [1.82, 2.24) is 14.8 Å². The zero-order valence-corrected chi connectivity index (χ0v) is 15.8. The molecule has 1 amide bonds. The van der Waals surface area contributed by atoms with Gasteiger partial charge in [0.2, 0.25) is 0 Å². The third-order valence-electron chi connectivity index (χ3n) is 6.68. The van der Waals surface area contributed by atoms with Crippen molar-refractivity contribution >= 4 is 16.7 Å². The quantitative estimate of drug-likeness (QED) is 0.839. The largest absolute Gasteiger partial charge is 0.377 e. The topological polar surface area (TPSA) is 45.7 Å². The van der Waals surface area contributed by atoms with Crippen LogP contribution >= 0.6 is 0 Å². The molecule has 3 aliphatic rings. The smallest absolute Gasteiger partial charge is 0.273 e. The van der Waals surface area contributed by atoms with E-state index in [9.17, 15) is 4.79 Å². The Morgan fingerprint density at radius 1 is 1.19 bits per heavy atom. The van der Waals surface area contributed by atoms with Crippen LogP contribution in [0.5, 0.6) is 0 Å². The summed E-state index contributed by atoms with van der Waals surface area (Å²) in [6.07, 6.45) is 7.94. The van der Waals surface area contributed by atoms with E-state index in [0.29, 0.717) is 11.8 Å². The Morgan fingerprint density at radius 3 is 2.93 bits per heavy atom. The van der Waals surface area contributed by atoms with Crippen LogP contribution in [0.25, 0.3) is 10.8 Å². The molecule has 142 valence electrons. The lowest BCUT2D eigenvalue weighted by molar-refractivity contribution is -0.0807. The minimum atomic E-state index is 0.0786. The molecule has 3 fully saturated rings. The highest BCUT2D eigenvalue weighted by Crippen LogP contribution is 2.39. The average Bonchev–Trinajstić information content (AvgIpc) is 3.24. The fourth-order valence-corrected chi connectivity index (χ4v) is 5.09. The van der Waals surface area contributed by atoms with E-state index < -0.39 is 0 Å². The lowest BCUT2D eigenvalue weighted by Crippen LogP contribution is -2.68. The number of aromatic nitrogens is 1. The highest BCUT2D eigenvalue weighted by Gasteiger charge is 2.48. The van der Waals surface area contributed by atoms with Gasteiger partial charge in [0.05, 0.1) is 6.10 Å². The molecular formula is C22H27N3O2. The molecule has 0 bridgehead atoms. The molecule has 0 saturated carbocycles. The van der Waals surface area contributed by atoms with Gasteiger partial charge in [-0.25, -0.2) is 0 Å². The number of rotatable bonds is 3. The van der Waals surface area contributed by atoms with Gasteiger partial charge in [0.1, 0.15) is 5.69 Å². The molecular weight excluding hydrogens is 338 g/mol. The maximum atomic E-state index is 13.3. The lowest BCUT2D eigenvalue weighted by Gasteiger charge is -2.57. The molecule has 0 radical (unpaired) electrons. The molecule has 3 aliphatic heterocycles. The molecule has 3 saturated heterocycles. The predicted molar refractivity (Wildman–Crippen MR) is 105 cm³/mol. The third kappa shape index (κ3) is 3.03. The molecule has 5 heteroatoms. The number of ether oxygens (including phenoxy) is 1. The standard InChI is InChI=1S/C22H27N3O2/c26-21(20-19-7-2-1-5-17(19)8-11-23-20)24-12-4-9-22(16-24)10-13-25(22)15-18-6-3-14-27-18/h1-2,5,7-8,11,18H,3-4,6,9-10,12-16H2/t18-,22+/m1/s1. The molecule has 1 spiro atoms. The number of carbonyl (C=O) groups excluding carboxylic acids is 1. The van der Waals surface area contributed by atoms with Gasteiger partial charge in [-0.05, 0) is 43.6 Å². The molecule has 2 aromatic rings. The van der Waals surface area contributed by atoms with Gasteiger partial charge in [0.15, 0.2) is 0 Å². The van der Waals surface area contributed by atoms with Crippen molar-refractivity contribution in [2.75, 3.05) is 32.8 Å². The first-order valence-corrected chi connectivity index (χ1v) is 10.2. The van der Waals surface area contributed by atoms with Gasteiger partial charge in [0.25, 0.3) is 5.91 Å². The van der Waals surface area contributed by atoms with Crippen LogP contribution in [0.4, 0.5) is 0 Å². The number of hydrogen-bond donors (Lipinski definition) is 0. The van der Waals surface area contributed by atoms with E-state index in [4.69, 9.17) is 4.74 Å². The summed E-state index contributed by atoms with van der Waals surface area (Å²) in [6, 6.07) is 10.00. The molecule has 5 nitrogen and oxygen atoms in total. The fraction of sp³-hybridized carbons (Fsp3) is 0.545. The molecule has 5 rings (SSSR count). The van der Waals surface area contributed by atoms with Gasteiger partial charge in [-0.1, -0.05) is 24.3 Å². The fourth-order valence-electron chi connectivity index (χ4n) is 5.09. The van der Waals surface area contributed by atoms with Crippen molar-refractivity contribution in [1.29, 1.82) is 0 Å². The molecule has 0 aliphatic carbocycles. The van der Waals surface area contributed by atoms with E-state index in [1.807, 2.05) is 35.2 Å². The van der Waals surface area contributed by atoms with Crippen molar-refractivity contribution in [2.45, 2.75) is 43.7 Å². The lowest BCUT2D eigenvalue weighted by atomic mass is 9.77. The Kier molecular flexibility index (Phi) is 4.37. The number of hydrogen-bond acceptors (Lipinski definition) is 4. The van der Waals surface area contributed by atoms with Crippen molar-refractivity contribution in [3.63, 3.8) is 0 Å². The minimum Gasteiger partial charge on any atom is -0.377 e. The van der Waals surface area contributed by atoms with Crippen LogP contribution in [0.15, 0.2) is 36.5 Å². The number of piperidine rings is 1. The van der Waals surface area contributed by atoms with Gasteiger partial charge < -0.3 is 9.64 Å². The summed E-state index contributed by atoms with van der Waals surface area (Å²) in [6.45, 7) is 4.72. The van der Waals surface area contributed by atoms with E-state index in [0.717, 1.165) is 50.0 Å². The number of likely N-dealkylation sites (tertiary alicyclic amines) is 2. The Hall–Kier alpha value is -1.98. The van der Waals surface area contributed by atoms with Crippen molar-refractivity contribution in [3.05, 3.63) is 42.2 Å². The van der Waals surface area contributed by atoms with Crippen LogP contribution in [0, 0.1) is 0 Å². The second kappa shape index (κ2) is 6.88. The van der Waals surface area contributed by atoms with Crippen LogP contribution in [0.2, 0.25) is 0 Å². The number of amides is 1. The average molecular weight is 365 g/mol. The monoisotopic (exact) mass is 365 g/mol. The first-order chi connectivity index (χ1) is 13.3. The Balaban J connectivity index is 1.35. The maximum Gasteiger partial charge on any atom is 0.273 e. The summed E-state index contributed by atoms with van der Waals surface area (Å²) in [4.78, 5) is 22.4. The molecule has 0 N–H and O–H groups in total. The van der Waals surface area contributed by atoms with Crippen molar-refractivity contribution < 1.29 is 9.53 Å². The van der Waals surface area contributed by atoms with E-state index >= 15 is 0 Å². The number of fused-ring (bicyclic) bond motifs is 1. The van der Waals surface area contributed by atoms with E-state index in [1.165, 1.54) is 25.7 Å². The van der Waals surface area contributed by atoms with Crippen molar-refractivity contribution in [3.8, 4) is 0 Å². The molecule has 2 atom stereocenters. The summed E-state index contributed by atoms with van der Waals surface area (Å²) in [5.74, 6) is 0.0786. The molecule has 27 heavy (non-hydrogen) atoms. The molecule has 1 aromatic carbocycles. The first kappa shape index (κ1) is 17.1. The minimum absolute atomic E-state index is 0.0786. The zero-order chi connectivity index (χ0) is 18.3. The number of benzene rings is 1.